The molecule has 130 valence electrons. The molecule has 0 atom stereocenters. The quantitative estimate of drug-likeness (QED) is 0.487. The molecule has 0 aliphatic rings. The third kappa shape index (κ3) is 3.13. The van der Waals surface area contributed by atoms with E-state index < -0.39 is 0 Å². The van der Waals surface area contributed by atoms with Crippen LogP contribution in [0.4, 0.5) is 5.69 Å². The van der Waals surface area contributed by atoms with Gasteiger partial charge in [-0.05, 0) is 25.3 Å². The van der Waals surface area contributed by atoms with Gasteiger partial charge in [-0.25, -0.2) is 4.98 Å². The molecule has 4 aromatic rings. The van der Waals surface area contributed by atoms with Gasteiger partial charge < -0.3 is 5.32 Å². The van der Waals surface area contributed by atoms with E-state index in [2.05, 4.69) is 41.5 Å². The van der Waals surface area contributed by atoms with E-state index in [1.807, 2.05) is 46.5 Å². The van der Waals surface area contributed by atoms with Gasteiger partial charge in [0.2, 0.25) is 0 Å². The maximum Gasteiger partial charge on any atom is 0.273 e. The molecular formula is C20H17N3OS2. The number of thioether (sulfide) groups is 1. The number of thiazole rings is 1. The van der Waals surface area contributed by atoms with Crippen molar-refractivity contribution in [2.24, 2.45) is 0 Å². The predicted molar refractivity (Wildman–Crippen MR) is 109 cm³/mol. The van der Waals surface area contributed by atoms with E-state index in [1.165, 1.54) is 16.9 Å². The summed E-state index contributed by atoms with van der Waals surface area (Å²) in [4.78, 5) is 19.3. The number of aryl methyl sites for hydroxylation is 1. The average molecular weight is 380 g/mol. The van der Waals surface area contributed by atoms with E-state index in [9.17, 15) is 4.79 Å². The molecule has 1 N–H and O–H groups in total. The van der Waals surface area contributed by atoms with Crippen LogP contribution >= 0.6 is 23.1 Å². The van der Waals surface area contributed by atoms with Gasteiger partial charge in [-0.2, -0.15) is 0 Å². The van der Waals surface area contributed by atoms with Crippen molar-refractivity contribution in [2.75, 3.05) is 11.6 Å². The Kier molecular flexibility index (Phi) is 4.53. The number of hydrogen-bond donors (Lipinski definition) is 1. The lowest BCUT2D eigenvalue weighted by Crippen LogP contribution is -2.14. The Balaban J connectivity index is 1.66. The summed E-state index contributed by atoms with van der Waals surface area (Å²) < 4.78 is 1.86. The van der Waals surface area contributed by atoms with Crippen LogP contribution in [0.2, 0.25) is 0 Å². The Bertz CT molecular complexity index is 1080. The largest absolute Gasteiger partial charge is 0.320 e. The van der Waals surface area contributed by atoms with E-state index in [0.717, 1.165) is 26.8 Å². The topological polar surface area (TPSA) is 46.4 Å². The van der Waals surface area contributed by atoms with Crippen LogP contribution in [-0.2, 0) is 0 Å². The van der Waals surface area contributed by atoms with Gasteiger partial charge in [-0.3, -0.25) is 9.20 Å². The fourth-order valence-electron chi connectivity index (χ4n) is 2.74. The number of rotatable bonds is 4. The smallest absolute Gasteiger partial charge is 0.273 e. The van der Waals surface area contributed by atoms with Crippen LogP contribution in [0.1, 0.15) is 16.1 Å². The van der Waals surface area contributed by atoms with Crippen molar-refractivity contribution >= 4 is 39.7 Å². The monoisotopic (exact) mass is 379 g/mol. The number of aromatic nitrogens is 2. The molecular weight excluding hydrogens is 362 g/mol. The molecule has 2 heterocycles. The number of hydrogen-bond acceptors (Lipinski definition) is 4. The summed E-state index contributed by atoms with van der Waals surface area (Å²) in [5.74, 6) is -0.134. The van der Waals surface area contributed by atoms with Crippen LogP contribution in [0.15, 0.2) is 65.0 Å². The van der Waals surface area contributed by atoms with Crippen molar-refractivity contribution in [3.63, 3.8) is 0 Å². The van der Waals surface area contributed by atoms with Crippen LogP contribution < -0.4 is 5.32 Å². The maximum absolute atomic E-state index is 12.8. The van der Waals surface area contributed by atoms with Crippen LogP contribution in [0.3, 0.4) is 0 Å². The van der Waals surface area contributed by atoms with Crippen LogP contribution in [-0.4, -0.2) is 21.5 Å². The summed E-state index contributed by atoms with van der Waals surface area (Å²) in [6.45, 7) is 2.06. The van der Waals surface area contributed by atoms with Gasteiger partial charge in [0.15, 0.2) is 4.96 Å². The molecule has 6 heteroatoms. The number of benzene rings is 2. The highest BCUT2D eigenvalue weighted by atomic mass is 32.2. The average Bonchev–Trinajstić information content (AvgIpc) is 3.23. The summed E-state index contributed by atoms with van der Waals surface area (Å²) in [6.07, 6.45) is 3.92. The molecule has 0 bridgehead atoms. The van der Waals surface area contributed by atoms with Gasteiger partial charge in [-0.15, -0.1) is 23.1 Å². The molecule has 2 aromatic heterocycles. The third-order valence-corrected chi connectivity index (χ3v) is 5.78. The first kappa shape index (κ1) is 16.9. The Labute approximate surface area is 159 Å². The van der Waals surface area contributed by atoms with E-state index >= 15 is 0 Å². The van der Waals surface area contributed by atoms with E-state index in [0.29, 0.717) is 5.69 Å². The SMILES string of the molecule is CSc1ccccc1NC(=O)c1csc2nc(-c3ccc(C)cc3)cn12. The normalized spacial score (nSPS) is 11.0. The lowest BCUT2D eigenvalue weighted by Gasteiger charge is -2.08. The number of para-hydroxylation sites is 1. The second-order valence-electron chi connectivity index (χ2n) is 5.92. The zero-order valence-corrected chi connectivity index (χ0v) is 16.0. The van der Waals surface area contributed by atoms with Gasteiger partial charge in [0.05, 0.1) is 11.4 Å². The Morgan fingerprint density at radius 1 is 1.15 bits per heavy atom. The zero-order valence-electron chi connectivity index (χ0n) is 14.4. The van der Waals surface area contributed by atoms with Gasteiger partial charge in [-0.1, -0.05) is 42.0 Å². The van der Waals surface area contributed by atoms with Gasteiger partial charge >= 0.3 is 0 Å². The van der Waals surface area contributed by atoms with Crippen LogP contribution in [0.25, 0.3) is 16.2 Å². The van der Waals surface area contributed by atoms with Crippen LogP contribution in [0, 0.1) is 6.92 Å². The van der Waals surface area contributed by atoms with Crippen LogP contribution in [0.5, 0.6) is 0 Å². The molecule has 0 saturated carbocycles. The molecule has 0 radical (unpaired) electrons. The number of nitrogens with zero attached hydrogens (tertiary/aromatic N) is 2. The minimum atomic E-state index is -0.134. The highest BCUT2D eigenvalue weighted by molar-refractivity contribution is 7.98. The third-order valence-electron chi connectivity index (χ3n) is 4.14. The molecule has 0 unspecified atom stereocenters. The van der Waals surface area contributed by atoms with E-state index in [1.54, 1.807) is 11.8 Å². The number of carbonyl (C=O) groups is 1. The molecule has 4 rings (SSSR count). The Morgan fingerprint density at radius 2 is 1.92 bits per heavy atom. The molecule has 0 spiro atoms. The second kappa shape index (κ2) is 6.97. The van der Waals surface area contributed by atoms with Crippen molar-refractivity contribution in [1.82, 2.24) is 9.38 Å². The highest BCUT2D eigenvalue weighted by Crippen LogP contribution is 2.27. The standard InChI is InChI=1S/C20H17N3OS2/c1-13-7-9-14(10-8-13)16-11-23-17(12-26-20(23)22-16)19(24)21-15-5-3-4-6-18(15)25-2/h3-12H,1-2H3,(H,21,24). The molecule has 0 saturated heterocycles. The fraction of sp³-hybridized carbons (Fsp3) is 0.100. The Hall–Kier alpha value is -2.57. The number of anilines is 1. The highest BCUT2D eigenvalue weighted by Gasteiger charge is 2.16. The lowest BCUT2D eigenvalue weighted by atomic mass is 10.1. The summed E-state index contributed by atoms with van der Waals surface area (Å²) in [5.41, 5.74) is 4.54. The van der Waals surface area contributed by atoms with Gasteiger partial charge in [0, 0.05) is 22.0 Å². The summed E-state index contributed by atoms with van der Waals surface area (Å²) in [7, 11) is 0. The molecule has 0 aliphatic carbocycles. The molecule has 0 aliphatic heterocycles. The summed E-state index contributed by atoms with van der Waals surface area (Å²) >= 11 is 3.08. The van der Waals surface area contributed by atoms with Gasteiger partial charge in [0.25, 0.3) is 5.91 Å². The number of imidazole rings is 1. The van der Waals surface area contributed by atoms with Gasteiger partial charge in [0.1, 0.15) is 5.69 Å². The minimum absolute atomic E-state index is 0.134. The molecule has 2 aromatic carbocycles. The summed E-state index contributed by atoms with van der Waals surface area (Å²) in [5, 5.41) is 4.86. The zero-order chi connectivity index (χ0) is 18.1. The Morgan fingerprint density at radius 3 is 2.69 bits per heavy atom. The van der Waals surface area contributed by atoms with E-state index in [-0.39, 0.29) is 5.91 Å². The lowest BCUT2D eigenvalue weighted by molar-refractivity contribution is 0.102. The number of nitrogens with one attached hydrogen (secondary N) is 1. The van der Waals surface area contributed by atoms with Crippen molar-refractivity contribution in [3.8, 4) is 11.3 Å². The molecule has 0 fully saturated rings. The maximum atomic E-state index is 12.8. The first-order valence-corrected chi connectivity index (χ1v) is 10.2. The van der Waals surface area contributed by atoms with E-state index in [4.69, 9.17) is 0 Å². The number of carbonyl (C=O) groups excluding carboxylic acids is 1. The first-order chi connectivity index (χ1) is 12.7. The fourth-order valence-corrected chi connectivity index (χ4v) is 4.15. The first-order valence-electron chi connectivity index (χ1n) is 8.14. The van der Waals surface area contributed by atoms with Crippen molar-refractivity contribution in [2.45, 2.75) is 11.8 Å². The second-order valence-corrected chi connectivity index (χ2v) is 7.60. The number of amides is 1. The molecule has 1 amide bonds. The minimum Gasteiger partial charge on any atom is -0.320 e. The molecule has 4 nitrogen and oxygen atoms in total. The predicted octanol–water partition coefficient (Wildman–Crippen LogP) is 5.35. The summed E-state index contributed by atoms with van der Waals surface area (Å²) in [6, 6.07) is 16.0. The van der Waals surface area contributed by atoms with Crippen molar-refractivity contribution < 1.29 is 4.79 Å². The van der Waals surface area contributed by atoms with Crippen molar-refractivity contribution in [3.05, 3.63) is 71.4 Å². The van der Waals surface area contributed by atoms with Crippen molar-refractivity contribution in [1.29, 1.82) is 0 Å². The number of fused-ring (bicyclic) bond motifs is 1. The molecule has 26 heavy (non-hydrogen) atoms.